The number of benzene rings is 1. The normalized spacial score (nSPS) is 12.0. The minimum absolute atomic E-state index is 0.234. The summed E-state index contributed by atoms with van der Waals surface area (Å²) < 4.78 is 5.39. The topological polar surface area (TPSA) is 87.4 Å². The first kappa shape index (κ1) is 15.1. The Kier molecular flexibility index (Phi) is 4.94. The van der Waals surface area contributed by atoms with Crippen molar-refractivity contribution < 1.29 is 14.3 Å². The van der Waals surface area contributed by atoms with Gasteiger partial charge in [-0.15, -0.1) is 0 Å². The van der Waals surface area contributed by atoms with E-state index in [2.05, 4.69) is 15.6 Å². The van der Waals surface area contributed by atoms with Crippen LogP contribution in [-0.2, 0) is 13.0 Å². The van der Waals surface area contributed by atoms with E-state index in [1.54, 1.807) is 37.4 Å². The van der Waals surface area contributed by atoms with Crippen molar-refractivity contribution in [3.8, 4) is 0 Å². The van der Waals surface area contributed by atoms with Gasteiger partial charge in [0.15, 0.2) is 0 Å². The second kappa shape index (κ2) is 6.90. The Bertz CT molecular complexity index is 590. The molecule has 112 valence electrons. The Morgan fingerprint density at radius 1 is 1.38 bits per heavy atom. The number of carbonyl (C=O) groups excluding carboxylic acids is 1. The molecule has 0 saturated carbocycles. The molecule has 1 aromatic heterocycles. The zero-order valence-electron chi connectivity index (χ0n) is 12.1. The van der Waals surface area contributed by atoms with Gasteiger partial charge in [-0.1, -0.05) is 19.1 Å². The molecule has 1 unspecified atom stereocenters. The molecular weight excluding hydrogens is 270 g/mol. The van der Waals surface area contributed by atoms with Crippen molar-refractivity contribution in [2.45, 2.75) is 32.9 Å². The highest BCUT2D eigenvalue weighted by Crippen LogP contribution is 2.15. The van der Waals surface area contributed by atoms with Crippen molar-refractivity contribution >= 4 is 11.7 Å². The van der Waals surface area contributed by atoms with Crippen LogP contribution in [0.5, 0.6) is 0 Å². The molecule has 0 aliphatic carbocycles. The van der Waals surface area contributed by atoms with E-state index in [-0.39, 0.29) is 12.6 Å². The molecule has 2 amide bonds. The maximum absolute atomic E-state index is 11.7. The molecule has 0 aliphatic rings. The first-order valence-corrected chi connectivity index (χ1v) is 6.85. The van der Waals surface area contributed by atoms with Crippen LogP contribution in [0.3, 0.4) is 0 Å². The number of aromatic nitrogens is 1. The minimum Gasteiger partial charge on any atom is -0.444 e. The van der Waals surface area contributed by atoms with Gasteiger partial charge in [-0.3, -0.25) is 0 Å². The summed E-state index contributed by atoms with van der Waals surface area (Å²) in [6.45, 7) is 3.90. The standard InChI is InChI=1S/C15H19N3O3/c1-3-13-8-16-14(21-13)9-17-15(20)18-12-6-4-11(5-7-12)10(2)19/h4-8,10,19H,3,9H2,1-2H3,(H2,17,18,20). The van der Waals surface area contributed by atoms with Gasteiger partial charge in [0.05, 0.1) is 18.8 Å². The third kappa shape index (κ3) is 4.32. The molecule has 0 bridgehead atoms. The number of aliphatic hydroxyl groups is 1. The smallest absolute Gasteiger partial charge is 0.319 e. The van der Waals surface area contributed by atoms with Gasteiger partial charge in [-0.2, -0.15) is 0 Å². The molecule has 1 aromatic carbocycles. The Labute approximate surface area is 123 Å². The van der Waals surface area contributed by atoms with Gasteiger partial charge in [-0.05, 0) is 24.6 Å². The van der Waals surface area contributed by atoms with Gasteiger partial charge < -0.3 is 20.2 Å². The van der Waals surface area contributed by atoms with Gasteiger partial charge in [0.2, 0.25) is 5.89 Å². The Morgan fingerprint density at radius 2 is 2.10 bits per heavy atom. The lowest BCUT2D eigenvalue weighted by molar-refractivity contribution is 0.199. The predicted octanol–water partition coefficient (Wildman–Crippen LogP) is 2.61. The van der Waals surface area contributed by atoms with E-state index in [4.69, 9.17) is 4.42 Å². The molecule has 6 nitrogen and oxygen atoms in total. The van der Waals surface area contributed by atoms with Crippen molar-refractivity contribution in [2.24, 2.45) is 0 Å². The van der Waals surface area contributed by atoms with Crippen LogP contribution >= 0.6 is 0 Å². The fourth-order valence-corrected chi connectivity index (χ4v) is 1.77. The highest BCUT2D eigenvalue weighted by Gasteiger charge is 2.06. The summed E-state index contributed by atoms with van der Waals surface area (Å²) in [7, 11) is 0. The molecular formula is C15H19N3O3. The molecule has 0 aliphatic heterocycles. The molecule has 3 N–H and O–H groups in total. The van der Waals surface area contributed by atoms with Crippen molar-refractivity contribution in [2.75, 3.05) is 5.32 Å². The van der Waals surface area contributed by atoms with Crippen LogP contribution in [0.25, 0.3) is 0 Å². The number of nitrogens with one attached hydrogen (secondary N) is 2. The number of aryl methyl sites for hydroxylation is 1. The summed E-state index contributed by atoms with van der Waals surface area (Å²) >= 11 is 0. The minimum atomic E-state index is -0.523. The maximum atomic E-state index is 11.7. The summed E-state index contributed by atoms with van der Waals surface area (Å²) in [4.78, 5) is 15.8. The van der Waals surface area contributed by atoms with Crippen LogP contribution < -0.4 is 10.6 Å². The molecule has 6 heteroatoms. The van der Waals surface area contributed by atoms with Crippen LogP contribution in [0, 0.1) is 0 Å². The molecule has 2 rings (SSSR count). The van der Waals surface area contributed by atoms with E-state index >= 15 is 0 Å². The lowest BCUT2D eigenvalue weighted by Crippen LogP contribution is -2.28. The fourth-order valence-electron chi connectivity index (χ4n) is 1.77. The highest BCUT2D eigenvalue weighted by molar-refractivity contribution is 5.89. The molecule has 1 atom stereocenters. The number of amides is 2. The molecule has 0 spiro atoms. The number of hydrogen-bond donors (Lipinski definition) is 3. The van der Waals surface area contributed by atoms with Crippen molar-refractivity contribution in [3.63, 3.8) is 0 Å². The van der Waals surface area contributed by atoms with Crippen molar-refractivity contribution in [3.05, 3.63) is 47.7 Å². The van der Waals surface area contributed by atoms with Crippen LogP contribution in [0.2, 0.25) is 0 Å². The average Bonchev–Trinajstić information content (AvgIpc) is 2.94. The number of carbonyl (C=O) groups is 1. The first-order valence-electron chi connectivity index (χ1n) is 6.85. The summed E-state index contributed by atoms with van der Waals surface area (Å²) in [5.41, 5.74) is 1.45. The van der Waals surface area contributed by atoms with Gasteiger partial charge in [0.25, 0.3) is 0 Å². The third-order valence-electron chi connectivity index (χ3n) is 3.00. The fraction of sp³-hybridized carbons (Fsp3) is 0.333. The SMILES string of the molecule is CCc1cnc(CNC(=O)Nc2ccc(C(C)O)cc2)o1. The van der Waals surface area contributed by atoms with Crippen LogP contribution in [0.4, 0.5) is 10.5 Å². The second-order valence-corrected chi connectivity index (χ2v) is 4.68. The zero-order chi connectivity index (χ0) is 15.2. The van der Waals surface area contributed by atoms with E-state index in [9.17, 15) is 9.90 Å². The zero-order valence-corrected chi connectivity index (χ0v) is 12.1. The van der Waals surface area contributed by atoms with Gasteiger partial charge in [-0.25, -0.2) is 9.78 Å². The summed E-state index contributed by atoms with van der Waals surface area (Å²) in [6, 6.07) is 6.67. The molecule has 21 heavy (non-hydrogen) atoms. The summed E-state index contributed by atoms with van der Waals surface area (Å²) in [6.07, 6.45) is 1.91. The third-order valence-corrected chi connectivity index (χ3v) is 3.00. The predicted molar refractivity (Wildman–Crippen MR) is 78.8 cm³/mol. The van der Waals surface area contributed by atoms with E-state index in [1.807, 2.05) is 6.92 Å². The molecule has 2 aromatic rings. The first-order chi connectivity index (χ1) is 10.1. The maximum Gasteiger partial charge on any atom is 0.319 e. The lowest BCUT2D eigenvalue weighted by Gasteiger charge is -2.08. The number of urea groups is 1. The number of anilines is 1. The van der Waals surface area contributed by atoms with Gasteiger partial charge in [0, 0.05) is 12.1 Å². The average molecular weight is 289 g/mol. The number of oxazole rings is 1. The Balaban J connectivity index is 1.83. The van der Waals surface area contributed by atoms with Crippen LogP contribution in [0.1, 0.15) is 37.2 Å². The molecule has 1 heterocycles. The molecule has 0 saturated heterocycles. The number of aliphatic hydroxyl groups excluding tert-OH is 1. The highest BCUT2D eigenvalue weighted by atomic mass is 16.4. The van der Waals surface area contributed by atoms with Crippen molar-refractivity contribution in [1.29, 1.82) is 0 Å². The van der Waals surface area contributed by atoms with E-state index in [1.165, 1.54) is 0 Å². The number of rotatable bonds is 5. The monoisotopic (exact) mass is 289 g/mol. The van der Waals surface area contributed by atoms with Crippen LogP contribution in [0.15, 0.2) is 34.9 Å². The number of nitrogens with zero attached hydrogens (tertiary/aromatic N) is 1. The molecule has 0 fully saturated rings. The van der Waals surface area contributed by atoms with Crippen LogP contribution in [-0.4, -0.2) is 16.1 Å². The quantitative estimate of drug-likeness (QED) is 0.789. The Morgan fingerprint density at radius 3 is 2.67 bits per heavy atom. The van der Waals surface area contributed by atoms with E-state index < -0.39 is 6.10 Å². The molecule has 0 radical (unpaired) electrons. The summed E-state index contributed by atoms with van der Waals surface area (Å²) in [5.74, 6) is 1.27. The van der Waals surface area contributed by atoms with Gasteiger partial charge in [0.1, 0.15) is 5.76 Å². The van der Waals surface area contributed by atoms with E-state index in [0.29, 0.717) is 11.6 Å². The Hall–Kier alpha value is -2.34. The lowest BCUT2D eigenvalue weighted by atomic mass is 10.1. The van der Waals surface area contributed by atoms with Gasteiger partial charge >= 0.3 is 6.03 Å². The largest absolute Gasteiger partial charge is 0.444 e. The summed E-state index contributed by atoms with van der Waals surface area (Å²) in [5, 5.41) is 14.8. The van der Waals surface area contributed by atoms with E-state index in [0.717, 1.165) is 17.7 Å². The van der Waals surface area contributed by atoms with Crippen molar-refractivity contribution in [1.82, 2.24) is 10.3 Å². The number of hydrogen-bond acceptors (Lipinski definition) is 4. The second-order valence-electron chi connectivity index (χ2n) is 4.68.